The molecule has 0 fully saturated rings. The summed E-state index contributed by atoms with van der Waals surface area (Å²) in [5, 5.41) is 13.9. The Kier molecular flexibility index (Phi) is 2.95. The van der Waals surface area contributed by atoms with E-state index < -0.39 is 0 Å². The zero-order chi connectivity index (χ0) is 12.4. The zero-order valence-electron chi connectivity index (χ0n) is 9.84. The molecule has 0 amide bonds. The molecule has 1 N–H and O–H groups in total. The summed E-state index contributed by atoms with van der Waals surface area (Å²) < 4.78 is 1.69. The van der Waals surface area contributed by atoms with Crippen molar-refractivity contribution in [3.8, 4) is 17.0 Å². The Morgan fingerprint density at radius 2 is 2.18 bits per heavy atom. The van der Waals surface area contributed by atoms with Gasteiger partial charge in [0, 0.05) is 25.2 Å². The summed E-state index contributed by atoms with van der Waals surface area (Å²) in [7, 11) is 1.81. The third-order valence-corrected chi connectivity index (χ3v) is 2.61. The van der Waals surface area contributed by atoms with Gasteiger partial charge in [-0.3, -0.25) is 9.48 Å². The molecule has 2 rings (SSSR count). The standard InChI is InChI=1S/C13H14N2O2/c1-9(16)7-10-3-4-13(17)11(8-10)12-5-6-14-15(12)2/h3-6,8,17H,7H2,1-2H3. The average molecular weight is 230 g/mol. The second kappa shape index (κ2) is 4.41. The molecule has 0 aliphatic heterocycles. The van der Waals surface area contributed by atoms with E-state index in [1.54, 1.807) is 29.9 Å². The van der Waals surface area contributed by atoms with Crippen LogP contribution in [0.2, 0.25) is 0 Å². The molecule has 0 aliphatic carbocycles. The van der Waals surface area contributed by atoms with Crippen molar-refractivity contribution in [3.05, 3.63) is 36.0 Å². The van der Waals surface area contributed by atoms with E-state index in [-0.39, 0.29) is 11.5 Å². The van der Waals surface area contributed by atoms with Crippen LogP contribution in [-0.2, 0) is 18.3 Å². The lowest BCUT2D eigenvalue weighted by molar-refractivity contribution is -0.116. The molecule has 17 heavy (non-hydrogen) atoms. The fraction of sp³-hybridized carbons (Fsp3) is 0.231. The maximum Gasteiger partial charge on any atom is 0.134 e. The largest absolute Gasteiger partial charge is 0.507 e. The number of ketones is 1. The van der Waals surface area contributed by atoms with Crippen molar-refractivity contribution in [1.29, 1.82) is 0 Å². The summed E-state index contributed by atoms with van der Waals surface area (Å²) in [6.07, 6.45) is 2.05. The van der Waals surface area contributed by atoms with Crippen molar-refractivity contribution in [3.63, 3.8) is 0 Å². The molecule has 0 saturated heterocycles. The van der Waals surface area contributed by atoms with E-state index in [0.717, 1.165) is 11.3 Å². The molecule has 1 aromatic heterocycles. The summed E-state index contributed by atoms with van der Waals surface area (Å²) in [5.74, 6) is 0.299. The zero-order valence-corrected chi connectivity index (χ0v) is 9.84. The number of benzene rings is 1. The smallest absolute Gasteiger partial charge is 0.134 e. The predicted molar refractivity (Wildman–Crippen MR) is 64.7 cm³/mol. The van der Waals surface area contributed by atoms with E-state index in [4.69, 9.17) is 0 Å². The van der Waals surface area contributed by atoms with Gasteiger partial charge in [0.25, 0.3) is 0 Å². The molecule has 0 saturated carbocycles. The van der Waals surface area contributed by atoms with E-state index in [1.165, 1.54) is 0 Å². The first-order valence-electron chi connectivity index (χ1n) is 5.37. The number of carbonyl (C=O) groups is 1. The van der Waals surface area contributed by atoms with Crippen LogP contribution in [0.4, 0.5) is 0 Å². The maximum atomic E-state index is 11.1. The SMILES string of the molecule is CC(=O)Cc1ccc(O)c(-c2ccnn2C)c1. The minimum atomic E-state index is 0.103. The predicted octanol–water partition coefficient (Wildman–Crippen LogP) is 1.92. The number of phenolic OH excluding ortho intramolecular Hbond substituents is 1. The summed E-state index contributed by atoms with van der Waals surface area (Å²) in [6, 6.07) is 7.03. The van der Waals surface area contributed by atoms with Crippen molar-refractivity contribution >= 4 is 5.78 Å². The van der Waals surface area contributed by atoms with E-state index in [9.17, 15) is 9.90 Å². The molecule has 4 heteroatoms. The van der Waals surface area contributed by atoms with Crippen molar-refractivity contribution < 1.29 is 9.90 Å². The number of Topliss-reactive ketones (excluding diaryl/α,β-unsaturated/α-hetero) is 1. The Morgan fingerprint density at radius 3 is 2.76 bits per heavy atom. The monoisotopic (exact) mass is 230 g/mol. The Morgan fingerprint density at radius 1 is 1.41 bits per heavy atom. The number of hydrogen-bond donors (Lipinski definition) is 1. The Balaban J connectivity index is 2.46. The number of aryl methyl sites for hydroxylation is 1. The van der Waals surface area contributed by atoms with Crippen LogP contribution < -0.4 is 0 Å². The number of hydrogen-bond acceptors (Lipinski definition) is 3. The van der Waals surface area contributed by atoms with Crippen molar-refractivity contribution in [1.82, 2.24) is 9.78 Å². The lowest BCUT2D eigenvalue weighted by atomic mass is 10.0. The van der Waals surface area contributed by atoms with Gasteiger partial charge in [-0.1, -0.05) is 6.07 Å². The molecule has 0 unspecified atom stereocenters. The number of rotatable bonds is 3. The molecule has 0 radical (unpaired) electrons. The topological polar surface area (TPSA) is 55.1 Å². The lowest BCUT2D eigenvalue weighted by Crippen LogP contribution is -1.98. The van der Waals surface area contributed by atoms with E-state index in [0.29, 0.717) is 12.0 Å². The summed E-state index contributed by atoms with van der Waals surface area (Å²) in [4.78, 5) is 11.1. The maximum absolute atomic E-state index is 11.1. The van der Waals surface area contributed by atoms with Crippen LogP contribution in [0.1, 0.15) is 12.5 Å². The Hall–Kier alpha value is -2.10. The number of aromatic nitrogens is 2. The summed E-state index contributed by atoms with van der Waals surface area (Å²) >= 11 is 0. The van der Waals surface area contributed by atoms with Gasteiger partial charge in [0.05, 0.1) is 5.69 Å². The highest BCUT2D eigenvalue weighted by molar-refractivity contribution is 5.79. The molecule has 88 valence electrons. The first-order valence-corrected chi connectivity index (χ1v) is 5.37. The van der Waals surface area contributed by atoms with Gasteiger partial charge in [-0.15, -0.1) is 0 Å². The van der Waals surface area contributed by atoms with Gasteiger partial charge in [0.1, 0.15) is 11.5 Å². The van der Waals surface area contributed by atoms with Crippen molar-refractivity contribution in [2.45, 2.75) is 13.3 Å². The van der Waals surface area contributed by atoms with E-state index in [2.05, 4.69) is 5.10 Å². The minimum Gasteiger partial charge on any atom is -0.507 e. The number of carbonyl (C=O) groups excluding carboxylic acids is 1. The van der Waals surface area contributed by atoms with Gasteiger partial charge >= 0.3 is 0 Å². The van der Waals surface area contributed by atoms with Crippen LogP contribution >= 0.6 is 0 Å². The summed E-state index contributed by atoms with van der Waals surface area (Å²) in [6.45, 7) is 1.55. The number of phenols is 1. The molecule has 1 heterocycles. The molecule has 0 spiro atoms. The van der Waals surface area contributed by atoms with Crippen LogP contribution in [0.15, 0.2) is 30.5 Å². The number of nitrogens with zero attached hydrogens (tertiary/aromatic N) is 2. The third kappa shape index (κ3) is 2.36. The fourth-order valence-electron chi connectivity index (χ4n) is 1.82. The quantitative estimate of drug-likeness (QED) is 0.876. The average Bonchev–Trinajstić information content (AvgIpc) is 2.67. The summed E-state index contributed by atoms with van der Waals surface area (Å²) in [5.41, 5.74) is 2.42. The highest BCUT2D eigenvalue weighted by atomic mass is 16.3. The Labute approximate surface area is 99.5 Å². The fourth-order valence-corrected chi connectivity index (χ4v) is 1.82. The van der Waals surface area contributed by atoms with Gasteiger partial charge in [0.15, 0.2) is 0 Å². The minimum absolute atomic E-state index is 0.103. The molecule has 1 aromatic carbocycles. The first-order chi connectivity index (χ1) is 8.08. The van der Waals surface area contributed by atoms with Crippen LogP contribution in [0.25, 0.3) is 11.3 Å². The van der Waals surface area contributed by atoms with Gasteiger partial charge in [-0.2, -0.15) is 5.10 Å². The van der Waals surface area contributed by atoms with E-state index in [1.807, 2.05) is 19.2 Å². The van der Waals surface area contributed by atoms with Gasteiger partial charge in [0.2, 0.25) is 0 Å². The van der Waals surface area contributed by atoms with Crippen LogP contribution in [0, 0.1) is 0 Å². The van der Waals surface area contributed by atoms with Crippen molar-refractivity contribution in [2.75, 3.05) is 0 Å². The van der Waals surface area contributed by atoms with Crippen LogP contribution in [0.5, 0.6) is 5.75 Å². The van der Waals surface area contributed by atoms with Crippen LogP contribution in [0.3, 0.4) is 0 Å². The first kappa shape index (κ1) is 11.4. The molecule has 4 nitrogen and oxygen atoms in total. The van der Waals surface area contributed by atoms with Gasteiger partial charge < -0.3 is 5.11 Å². The lowest BCUT2D eigenvalue weighted by Gasteiger charge is -2.07. The number of aromatic hydroxyl groups is 1. The second-order valence-corrected chi connectivity index (χ2v) is 4.07. The molecule has 0 atom stereocenters. The van der Waals surface area contributed by atoms with Gasteiger partial charge in [-0.05, 0) is 30.7 Å². The highest BCUT2D eigenvalue weighted by Gasteiger charge is 2.09. The van der Waals surface area contributed by atoms with Crippen LogP contribution in [-0.4, -0.2) is 20.7 Å². The van der Waals surface area contributed by atoms with Crippen molar-refractivity contribution in [2.24, 2.45) is 7.05 Å². The molecule has 0 bridgehead atoms. The molecule has 2 aromatic rings. The van der Waals surface area contributed by atoms with E-state index >= 15 is 0 Å². The normalized spacial score (nSPS) is 10.5. The highest BCUT2D eigenvalue weighted by Crippen LogP contribution is 2.29. The molecular weight excluding hydrogens is 216 g/mol. The molecular formula is C13H14N2O2. The van der Waals surface area contributed by atoms with Gasteiger partial charge in [-0.25, -0.2) is 0 Å². The molecule has 0 aliphatic rings. The Bertz CT molecular complexity index is 558. The third-order valence-electron chi connectivity index (χ3n) is 2.61. The second-order valence-electron chi connectivity index (χ2n) is 4.07.